The number of hydrogen-bond donors (Lipinski definition) is 0. The first kappa shape index (κ1) is 14.7. The van der Waals surface area contributed by atoms with Gasteiger partial charge in [-0.25, -0.2) is 0 Å². The lowest BCUT2D eigenvalue weighted by molar-refractivity contribution is 0.741. The van der Waals surface area contributed by atoms with E-state index in [1.165, 1.54) is 25.7 Å². The number of benzene rings is 1. The van der Waals surface area contributed by atoms with Crippen LogP contribution in [-0.4, -0.2) is 11.3 Å². The Labute approximate surface area is 109 Å². The quantitative estimate of drug-likeness (QED) is 0.585. The van der Waals surface area contributed by atoms with Crippen molar-refractivity contribution in [2.45, 2.75) is 64.7 Å². The molecule has 1 rings (SSSR count). The maximum absolute atomic E-state index is 2.45. The normalized spacial score (nSPS) is 16.5. The van der Waals surface area contributed by atoms with E-state index < -0.39 is 0 Å². The van der Waals surface area contributed by atoms with Gasteiger partial charge in [0.1, 0.15) is 0 Å². The second-order valence-electron chi connectivity index (χ2n) is 5.02. The Morgan fingerprint density at radius 2 is 1.35 bits per heavy atom. The summed E-state index contributed by atoms with van der Waals surface area (Å²) >= 11 is 0. The summed E-state index contributed by atoms with van der Waals surface area (Å²) in [6.45, 7) is 9.52. The molecule has 0 fully saturated rings. The van der Waals surface area contributed by atoms with Gasteiger partial charge < -0.3 is 0 Å². The molecule has 0 aliphatic carbocycles. The highest BCUT2D eigenvalue weighted by Crippen LogP contribution is 2.48. The lowest BCUT2D eigenvalue weighted by Gasteiger charge is -2.30. The van der Waals surface area contributed by atoms with Crippen LogP contribution in [0.1, 0.15) is 53.4 Å². The summed E-state index contributed by atoms with van der Waals surface area (Å²) in [5.41, 5.74) is 1.72. The Morgan fingerprint density at radius 1 is 0.882 bits per heavy atom. The van der Waals surface area contributed by atoms with Gasteiger partial charge in [0.2, 0.25) is 0 Å². The highest BCUT2D eigenvalue weighted by atomic mass is 31.1. The summed E-state index contributed by atoms with van der Waals surface area (Å²) in [5.74, 6) is 0. The third-order valence-electron chi connectivity index (χ3n) is 3.42. The maximum atomic E-state index is 2.45. The molecule has 0 aromatic heterocycles. The Balaban J connectivity index is 2.86. The summed E-state index contributed by atoms with van der Waals surface area (Å²) in [6.07, 6.45) is 5.36. The molecule has 0 radical (unpaired) electrons. The minimum absolute atomic E-state index is 0.0100. The molecular weight excluding hydrogens is 223 g/mol. The molecule has 0 saturated carbocycles. The zero-order valence-corrected chi connectivity index (χ0v) is 12.7. The highest BCUT2D eigenvalue weighted by Gasteiger charge is 2.23. The average Bonchev–Trinajstić information content (AvgIpc) is 2.31. The average molecular weight is 250 g/mol. The van der Waals surface area contributed by atoms with Crippen LogP contribution in [-0.2, 0) is 0 Å². The van der Waals surface area contributed by atoms with Crippen molar-refractivity contribution in [2.75, 3.05) is 0 Å². The van der Waals surface area contributed by atoms with Crippen LogP contribution in [0.5, 0.6) is 0 Å². The molecule has 0 N–H and O–H groups in total. The summed E-state index contributed by atoms with van der Waals surface area (Å²) in [6, 6.07) is 11.2. The molecule has 0 spiro atoms. The van der Waals surface area contributed by atoms with Gasteiger partial charge in [0, 0.05) is 0 Å². The molecule has 0 saturated heterocycles. The number of rotatable bonds is 7. The Hall–Kier alpha value is -0.350. The van der Waals surface area contributed by atoms with Crippen LogP contribution in [0.3, 0.4) is 0 Å². The largest absolute Gasteiger partial charge is 0.0695 e. The summed E-state index contributed by atoms with van der Waals surface area (Å²) in [7, 11) is 0.0100. The van der Waals surface area contributed by atoms with Crippen molar-refractivity contribution in [2.24, 2.45) is 0 Å². The summed E-state index contributed by atoms with van der Waals surface area (Å²) in [5, 5.41) is 1.60. The third kappa shape index (κ3) is 4.43. The summed E-state index contributed by atoms with van der Waals surface area (Å²) < 4.78 is 0. The van der Waals surface area contributed by atoms with Gasteiger partial charge in [-0.15, -0.1) is 0 Å². The molecule has 0 aliphatic rings. The third-order valence-corrected chi connectivity index (χ3v) is 6.73. The zero-order chi connectivity index (χ0) is 12.7. The fourth-order valence-electron chi connectivity index (χ4n) is 2.66. The SMILES string of the molecule is CCCC(C)P(c1ccccc1)C(C)CCC. The molecule has 0 bridgehead atoms. The molecule has 0 nitrogen and oxygen atoms in total. The Kier molecular flexibility index (Phi) is 6.82. The molecule has 17 heavy (non-hydrogen) atoms. The topological polar surface area (TPSA) is 0 Å². The van der Waals surface area contributed by atoms with E-state index in [0.717, 1.165) is 11.3 Å². The molecule has 2 unspecified atom stereocenters. The standard InChI is InChI=1S/C16H27P/c1-5-10-14(3)17(15(4)11-6-2)16-12-8-7-9-13-16/h7-9,12-15H,5-6,10-11H2,1-4H3. The lowest BCUT2D eigenvalue weighted by Crippen LogP contribution is -2.18. The van der Waals surface area contributed by atoms with E-state index in [2.05, 4.69) is 58.0 Å². The molecule has 0 heterocycles. The second kappa shape index (κ2) is 7.88. The van der Waals surface area contributed by atoms with E-state index in [1.807, 2.05) is 0 Å². The molecule has 0 aliphatic heterocycles. The van der Waals surface area contributed by atoms with Gasteiger partial charge in [-0.2, -0.15) is 0 Å². The van der Waals surface area contributed by atoms with Crippen molar-refractivity contribution in [1.29, 1.82) is 0 Å². The minimum Gasteiger partial charge on any atom is -0.0695 e. The first-order valence-corrected chi connectivity index (χ1v) is 8.52. The molecule has 2 atom stereocenters. The van der Waals surface area contributed by atoms with Crippen LogP contribution in [0.4, 0.5) is 0 Å². The van der Waals surface area contributed by atoms with Crippen LogP contribution >= 0.6 is 7.92 Å². The van der Waals surface area contributed by atoms with E-state index in [-0.39, 0.29) is 7.92 Å². The van der Waals surface area contributed by atoms with Crippen LogP contribution in [0.25, 0.3) is 0 Å². The second-order valence-corrected chi connectivity index (χ2v) is 8.11. The van der Waals surface area contributed by atoms with E-state index in [4.69, 9.17) is 0 Å². The van der Waals surface area contributed by atoms with Crippen LogP contribution in [0, 0.1) is 0 Å². The van der Waals surface area contributed by atoms with Crippen molar-refractivity contribution < 1.29 is 0 Å². The van der Waals surface area contributed by atoms with Crippen molar-refractivity contribution in [3.63, 3.8) is 0 Å². The van der Waals surface area contributed by atoms with Gasteiger partial charge >= 0.3 is 0 Å². The monoisotopic (exact) mass is 250 g/mol. The molecule has 1 aromatic carbocycles. The van der Waals surface area contributed by atoms with E-state index >= 15 is 0 Å². The van der Waals surface area contributed by atoms with E-state index in [1.54, 1.807) is 5.30 Å². The van der Waals surface area contributed by atoms with Crippen molar-refractivity contribution in [3.8, 4) is 0 Å². The predicted octanol–water partition coefficient (Wildman–Crippen LogP) is 5.17. The zero-order valence-electron chi connectivity index (χ0n) is 11.8. The van der Waals surface area contributed by atoms with Gasteiger partial charge in [0.05, 0.1) is 0 Å². The van der Waals surface area contributed by atoms with Gasteiger partial charge in [0.25, 0.3) is 0 Å². The van der Waals surface area contributed by atoms with Gasteiger partial charge in [0.15, 0.2) is 0 Å². The highest BCUT2D eigenvalue weighted by molar-refractivity contribution is 7.66. The molecule has 1 heteroatoms. The first-order valence-electron chi connectivity index (χ1n) is 7.04. The van der Waals surface area contributed by atoms with Gasteiger partial charge in [-0.05, 0) is 29.5 Å². The van der Waals surface area contributed by atoms with E-state index in [0.29, 0.717) is 0 Å². The molecule has 1 aromatic rings. The predicted molar refractivity (Wildman–Crippen MR) is 81.7 cm³/mol. The first-order chi connectivity index (χ1) is 8.20. The number of hydrogen-bond acceptors (Lipinski definition) is 0. The van der Waals surface area contributed by atoms with Gasteiger partial charge in [-0.3, -0.25) is 0 Å². The Bertz CT molecular complexity index is 282. The summed E-state index contributed by atoms with van der Waals surface area (Å²) in [4.78, 5) is 0. The van der Waals surface area contributed by atoms with Gasteiger partial charge in [-0.1, -0.05) is 78.8 Å². The van der Waals surface area contributed by atoms with Crippen molar-refractivity contribution in [1.82, 2.24) is 0 Å². The maximum Gasteiger partial charge on any atom is -0.0195 e. The van der Waals surface area contributed by atoms with Crippen LogP contribution in [0.15, 0.2) is 30.3 Å². The lowest BCUT2D eigenvalue weighted by atomic mass is 10.3. The minimum atomic E-state index is 0.0100. The van der Waals surface area contributed by atoms with Crippen molar-refractivity contribution >= 4 is 13.2 Å². The molecular formula is C16H27P. The van der Waals surface area contributed by atoms with E-state index in [9.17, 15) is 0 Å². The van der Waals surface area contributed by atoms with Crippen molar-refractivity contribution in [3.05, 3.63) is 30.3 Å². The molecule has 0 amide bonds. The van der Waals surface area contributed by atoms with Crippen LogP contribution < -0.4 is 5.30 Å². The van der Waals surface area contributed by atoms with Crippen LogP contribution in [0.2, 0.25) is 0 Å². The smallest absolute Gasteiger partial charge is 0.0195 e. The fourth-order valence-corrected chi connectivity index (χ4v) is 6.13. The fraction of sp³-hybridized carbons (Fsp3) is 0.625. The molecule has 96 valence electrons. The Morgan fingerprint density at radius 3 is 1.76 bits per heavy atom.